The van der Waals surface area contributed by atoms with E-state index in [9.17, 15) is 21.6 Å². The van der Waals surface area contributed by atoms with E-state index in [0.717, 1.165) is 0 Å². The van der Waals surface area contributed by atoms with Crippen molar-refractivity contribution in [2.45, 2.75) is 24.0 Å². The zero-order valence-electron chi connectivity index (χ0n) is 12.0. The highest BCUT2D eigenvalue weighted by Gasteiger charge is 2.28. The van der Waals surface area contributed by atoms with Gasteiger partial charge in [0.15, 0.2) is 6.61 Å². The Labute approximate surface area is 133 Å². The molecule has 0 saturated heterocycles. The van der Waals surface area contributed by atoms with Crippen molar-refractivity contribution in [2.24, 2.45) is 0 Å². The third-order valence-corrected chi connectivity index (χ3v) is 4.05. The minimum atomic E-state index is -4.43. The number of halogens is 4. The van der Waals surface area contributed by atoms with Crippen LogP contribution in [0.5, 0.6) is 5.75 Å². The molecule has 0 saturated carbocycles. The molecule has 0 aromatic heterocycles. The van der Waals surface area contributed by atoms with Crippen molar-refractivity contribution in [2.75, 3.05) is 20.2 Å². The van der Waals surface area contributed by atoms with Crippen LogP contribution >= 0.6 is 12.4 Å². The molecule has 0 fully saturated rings. The molecule has 22 heavy (non-hydrogen) atoms. The summed E-state index contributed by atoms with van der Waals surface area (Å²) in [4.78, 5) is -0.0369. The van der Waals surface area contributed by atoms with Gasteiger partial charge in [0.2, 0.25) is 10.0 Å². The van der Waals surface area contributed by atoms with Crippen LogP contribution in [0, 0.1) is 0 Å². The summed E-state index contributed by atoms with van der Waals surface area (Å²) in [6.07, 6.45) is -4.43. The van der Waals surface area contributed by atoms with Crippen LogP contribution in [0.3, 0.4) is 0 Å². The summed E-state index contributed by atoms with van der Waals surface area (Å²) in [6.45, 7) is 0.582. The first-order valence-corrected chi connectivity index (χ1v) is 7.59. The molecule has 0 amide bonds. The van der Waals surface area contributed by atoms with Gasteiger partial charge in [-0.15, -0.1) is 12.4 Å². The Morgan fingerprint density at radius 2 is 1.77 bits per heavy atom. The number of sulfonamides is 1. The number of hydrogen-bond donors (Lipinski definition) is 2. The summed E-state index contributed by atoms with van der Waals surface area (Å²) in [5, 5.41) is 2.88. The fraction of sp³-hybridized carbons (Fsp3) is 0.500. The molecule has 2 N–H and O–H groups in total. The van der Waals surface area contributed by atoms with Gasteiger partial charge in [-0.3, -0.25) is 0 Å². The second kappa shape index (κ2) is 8.56. The molecule has 0 radical (unpaired) electrons. The second-order valence-corrected chi connectivity index (χ2v) is 6.18. The molecule has 5 nitrogen and oxygen atoms in total. The van der Waals surface area contributed by atoms with Gasteiger partial charge in [0.25, 0.3) is 0 Å². The Balaban J connectivity index is 0.00000441. The molecule has 0 bridgehead atoms. The normalized spacial score (nSPS) is 13.3. The highest BCUT2D eigenvalue weighted by atomic mass is 35.5. The molecule has 0 spiro atoms. The number of alkyl halides is 3. The van der Waals surface area contributed by atoms with Crippen LogP contribution in [-0.2, 0) is 10.0 Å². The number of nitrogens with one attached hydrogen (secondary N) is 2. The van der Waals surface area contributed by atoms with E-state index in [1.54, 1.807) is 14.0 Å². The Morgan fingerprint density at radius 1 is 1.23 bits per heavy atom. The maximum Gasteiger partial charge on any atom is 0.422 e. The summed E-state index contributed by atoms with van der Waals surface area (Å²) in [5.41, 5.74) is 0. The standard InChI is InChI=1S/C12H17F3N2O3S.ClH/c1-9(16-2)7-17-21(18,19)11-5-3-10(4-6-11)20-8-12(13,14)15;/h3-6,9,16-17H,7-8H2,1-2H3;1H. The smallest absolute Gasteiger partial charge is 0.422 e. The first-order valence-electron chi connectivity index (χ1n) is 6.10. The molecule has 1 atom stereocenters. The van der Waals surface area contributed by atoms with Crippen LogP contribution in [0.4, 0.5) is 13.2 Å². The molecule has 0 aliphatic rings. The van der Waals surface area contributed by atoms with E-state index in [0.29, 0.717) is 0 Å². The van der Waals surface area contributed by atoms with Gasteiger partial charge in [-0.2, -0.15) is 13.2 Å². The fourth-order valence-electron chi connectivity index (χ4n) is 1.30. The monoisotopic (exact) mass is 362 g/mol. The second-order valence-electron chi connectivity index (χ2n) is 4.42. The van der Waals surface area contributed by atoms with Gasteiger partial charge in [0, 0.05) is 12.6 Å². The lowest BCUT2D eigenvalue weighted by Gasteiger charge is -2.12. The van der Waals surface area contributed by atoms with Gasteiger partial charge >= 0.3 is 6.18 Å². The average molecular weight is 363 g/mol. The summed E-state index contributed by atoms with van der Waals surface area (Å²) < 4.78 is 66.7. The lowest BCUT2D eigenvalue weighted by molar-refractivity contribution is -0.153. The predicted molar refractivity (Wildman–Crippen MR) is 79.0 cm³/mol. The molecule has 10 heteroatoms. The molecule has 0 aliphatic heterocycles. The highest BCUT2D eigenvalue weighted by molar-refractivity contribution is 7.89. The molecule has 1 aromatic rings. The third-order valence-electron chi connectivity index (χ3n) is 2.61. The molecule has 1 aromatic carbocycles. The summed E-state index contributed by atoms with van der Waals surface area (Å²) in [5.74, 6) is -0.0464. The van der Waals surface area contributed by atoms with Crippen LogP contribution in [-0.4, -0.2) is 40.8 Å². The van der Waals surface area contributed by atoms with Gasteiger partial charge in [0.05, 0.1) is 4.90 Å². The zero-order valence-corrected chi connectivity index (χ0v) is 13.6. The van der Waals surface area contributed by atoms with Crippen molar-refractivity contribution in [1.82, 2.24) is 10.0 Å². The maximum absolute atomic E-state index is 12.0. The summed E-state index contributed by atoms with van der Waals surface area (Å²) >= 11 is 0. The van der Waals surface area contributed by atoms with Crippen LogP contribution in [0.25, 0.3) is 0 Å². The fourth-order valence-corrected chi connectivity index (χ4v) is 2.43. The van der Waals surface area contributed by atoms with Crippen molar-refractivity contribution in [3.05, 3.63) is 24.3 Å². The zero-order chi connectivity index (χ0) is 16.1. The average Bonchev–Trinajstić information content (AvgIpc) is 2.42. The number of ether oxygens (including phenoxy) is 1. The predicted octanol–water partition coefficient (Wildman–Crippen LogP) is 1.94. The van der Waals surface area contributed by atoms with E-state index in [-0.39, 0.29) is 35.6 Å². The Morgan fingerprint density at radius 3 is 2.23 bits per heavy atom. The van der Waals surface area contributed by atoms with Crippen LogP contribution < -0.4 is 14.8 Å². The van der Waals surface area contributed by atoms with Crippen LogP contribution in [0.1, 0.15) is 6.92 Å². The first-order chi connectivity index (χ1) is 9.64. The quantitative estimate of drug-likeness (QED) is 0.778. The van der Waals surface area contributed by atoms with Crippen molar-refractivity contribution in [3.8, 4) is 5.75 Å². The minimum absolute atomic E-state index is 0. The van der Waals surface area contributed by atoms with Crippen molar-refractivity contribution in [1.29, 1.82) is 0 Å². The molecular weight excluding hydrogens is 345 g/mol. The van der Waals surface area contributed by atoms with Gasteiger partial charge in [-0.1, -0.05) is 0 Å². The SMILES string of the molecule is CNC(C)CNS(=O)(=O)c1ccc(OCC(F)(F)F)cc1.Cl. The van der Waals surface area contributed by atoms with Crippen molar-refractivity contribution < 1.29 is 26.3 Å². The maximum atomic E-state index is 12.0. The van der Waals surface area contributed by atoms with Crippen LogP contribution in [0.2, 0.25) is 0 Å². The summed E-state index contributed by atoms with van der Waals surface area (Å²) in [7, 11) is -1.99. The number of rotatable bonds is 7. The molecular formula is C12H18ClF3N2O3S. The Hall–Kier alpha value is -1.03. The Kier molecular flexibility index (Phi) is 8.16. The molecule has 0 aliphatic carbocycles. The molecule has 1 rings (SSSR count). The third kappa shape index (κ3) is 7.30. The van der Waals surface area contributed by atoms with E-state index in [1.807, 2.05) is 0 Å². The van der Waals surface area contributed by atoms with Crippen LogP contribution in [0.15, 0.2) is 29.2 Å². The van der Waals surface area contributed by atoms with E-state index < -0.39 is 22.8 Å². The number of likely N-dealkylation sites (N-methyl/N-ethyl adjacent to an activating group) is 1. The molecule has 128 valence electrons. The summed E-state index contributed by atoms with van der Waals surface area (Å²) in [6, 6.07) is 4.70. The van der Waals surface area contributed by atoms with Crippen molar-refractivity contribution in [3.63, 3.8) is 0 Å². The van der Waals surface area contributed by atoms with Gasteiger partial charge in [-0.05, 0) is 38.2 Å². The van der Waals surface area contributed by atoms with Gasteiger partial charge < -0.3 is 10.1 Å². The molecule has 0 heterocycles. The van der Waals surface area contributed by atoms with E-state index >= 15 is 0 Å². The largest absolute Gasteiger partial charge is 0.484 e. The van der Waals surface area contributed by atoms with Gasteiger partial charge in [-0.25, -0.2) is 13.1 Å². The first kappa shape index (κ1) is 21.0. The van der Waals surface area contributed by atoms with E-state index in [1.165, 1.54) is 24.3 Å². The Bertz CT molecular complexity index is 550. The lowest BCUT2D eigenvalue weighted by Crippen LogP contribution is -2.37. The van der Waals surface area contributed by atoms with E-state index in [2.05, 4.69) is 14.8 Å². The highest BCUT2D eigenvalue weighted by Crippen LogP contribution is 2.20. The van der Waals surface area contributed by atoms with Gasteiger partial charge in [0.1, 0.15) is 5.75 Å². The molecule has 1 unspecified atom stereocenters. The van der Waals surface area contributed by atoms with E-state index in [4.69, 9.17) is 0 Å². The topological polar surface area (TPSA) is 67.4 Å². The number of benzene rings is 1. The lowest BCUT2D eigenvalue weighted by atomic mass is 10.3. The van der Waals surface area contributed by atoms with Crippen molar-refractivity contribution >= 4 is 22.4 Å². The number of hydrogen-bond acceptors (Lipinski definition) is 4. The minimum Gasteiger partial charge on any atom is -0.484 e.